The Morgan fingerprint density at radius 2 is 2.40 bits per heavy atom. The molecule has 0 saturated carbocycles. The third-order valence-corrected chi connectivity index (χ3v) is 1.72. The van der Waals surface area contributed by atoms with Crippen molar-refractivity contribution < 1.29 is 9.53 Å². The van der Waals surface area contributed by atoms with Crippen LogP contribution in [0, 0.1) is 18.8 Å². The minimum absolute atomic E-state index is 0.0606. The van der Waals surface area contributed by atoms with Gasteiger partial charge in [0.05, 0.1) is 13.5 Å². The lowest BCUT2D eigenvalue weighted by Gasteiger charge is -2.01. The Balaban J connectivity index is 2.82. The van der Waals surface area contributed by atoms with Crippen molar-refractivity contribution in [3.63, 3.8) is 0 Å². The number of methoxy groups -OCH3 is 1. The maximum absolute atomic E-state index is 10.4. The fourth-order valence-electron chi connectivity index (χ4n) is 1.08. The Labute approximate surface area is 88.5 Å². The third kappa shape index (κ3) is 3.31. The molecule has 15 heavy (non-hydrogen) atoms. The molecule has 1 heterocycles. The van der Waals surface area contributed by atoms with Gasteiger partial charge in [0, 0.05) is 17.3 Å². The van der Waals surface area contributed by atoms with Gasteiger partial charge in [-0.25, -0.2) is 4.98 Å². The van der Waals surface area contributed by atoms with E-state index in [4.69, 9.17) is 10.5 Å². The zero-order chi connectivity index (χ0) is 11.3. The fraction of sp³-hybridized carbons (Fsp3) is 0.273. The van der Waals surface area contributed by atoms with Crippen molar-refractivity contribution >= 4 is 5.91 Å². The summed E-state index contributed by atoms with van der Waals surface area (Å²) >= 11 is 0. The van der Waals surface area contributed by atoms with E-state index in [-0.39, 0.29) is 6.42 Å². The summed E-state index contributed by atoms with van der Waals surface area (Å²) in [5, 5.41) is 0. The summed E-state index contributed by atoms with van der Waals surface area (Å²) in [4.78, 5) is 14.5. The average molecular weight is 204 g/mol. The number of rotatable bonds is 2. The SMILES string of the molecule is COc1ncc(C#CCC(N)=O)cc1C. The zero-order valence-corrected chi connectivity index (χ0v) is 8.70. The van der Waals surface area contributed by atoms with Crippen LogP contribution in [0.15, 0.2) is 12.3 Å². The summed E-state index contributed by atoms with van der Waals surface area (Å²) in [6.45, 7) is 1.88. The van der Waals surface area contributed by atoms with Gasteiger partial charge in [0.15, 0.2) is 0 Å². The quantitative estimate of drug-likeness (QED) is 0.718. The fourth-order valence-corrected chi connectivity index (χ4v) is 1.08. The molecule has 4 nitrogen and oxygen atoms in total. The summed E-state index contributed by atoms with van der Waals surface area (Å²) in [6, 6.07) is 1.85. The molecule has 0 radical (unpaired) electrons. The third-order valence-electron chi connectivity index (χ3n) is 1.72. The van der Waals surface area contributed by atoms with Gasteiger partial charge in [0.1, 0.15) is 0 Å². The minimum atomic E-state index is -0.430. The first-order chi connectivity index (χ1) is 7.13. The van der Waals surface area contributed by atoms with Gasteiger partial charge >= 0.3 is 0 Å². The van der Waals surface area contributed by atoms with E-state index in [1.807, 2.05) is 13.0 Å². The number of amides is 1. The van der Waals surface area contributed by atoms with E-state index in [1.54, 1.807) is 13.3 Å². The van der Waals surface area contributed by atoms with Crippen LogP contribution in [0.2, 0.25) is 0 Å². The highest BCUT2D eigenvalue weighted by atomic mass is 16.5. The molecule has 0 aliphatic rings. The molecular formula is C11H12N2O2. The molecule has 1 aromatic rings. The summed E-state index contributed by atoms with van der Waals surface area (Å²) < 4.78 is 5.01. The van der Waals surface area contributed by atoms with Crippen LogP contribution < -0.4 is 10.5 Å². The van der Waals surface area contributed by atoms with Crippen LogP contribution in [-0.4, -0.2) is 18.0 Å². The molecule has 0 unspecified atom stereocenters. The molecule has 78 valence electrons. The predicted molar refractivity (Wildman–Crippen MR) is 56.2 cm³/mol. The van der Waals surface area contributed by atoms with Crippen LogP contribution in [-0.2, 0) is 4.79 Å². The van der Waals surface area contributed by atoms with Crippen molar-refractivity contribution in [2.24, 2.45) is 5.73 Å². The summed E-state index contributed by atoms with van der Waals surface area (Å²) in [5.74, 6) is 5.61. The highest BCUT2D eigenvalue weighted by Crippen LogP contribution is 2.13. The van der Waals surface area contributed by atoms with E-state index in [0.29, 0.717) is 5.88 Å². The van der Waals surface area contributed by atoms with E-state index >= 15 is 0 Å². The molecule has 0 fully saturated rings. The van der Waals surface area contributed by atoms with Crippen molar-refractivity contribution in [2.75, 3.05) is 7.11 Å². The number of hydrogen-bond acceptors (Lipinski definition) is 3. The number of carbonyl (C=O) groups is 1. The molecule has 1 rings (SSSR count). The molecule has 2 N–H and O–H groups in total. The number of nitrogens with zero attached hydrogens (tertiary/aromatic N) is 1. The average Bonchev–Trinajstić information content (AvgIpc) is 2.17. The van der Waals surface area contributed by atoms with Crippen LogP contribution in [0.3, 0.4) is 0 Å². The van der Waals surface area contributed by atoms with Crippen LogP contribution in [0.4, 0.5) is 0 Å². The van der Waals surface area contributed by atoms with Gasteiger partial charge in [-0.3, -0.25) is 4.79 Å². The van der Waals surface area contributed by atoms with E-state index in [0.717, 1.165) is 11.1 Å². The van der Waals surface area contributed by atoms with E-state index in [2.05, 4.69) is 16.8 Å². The van der Waals surface area contributed by atoms with Gasteiger partial charge in [0.25, 0.3) is 0 Å². The molecule has 0 saturated heterocycles. The van der Waals surface area contributed by atoms with Crippen molar-refractivity contribution in [1.29, 1.82) is 0 Å². The number of pyridine rings is 1. The second-order valence-corrected chi connectivity index (χ2v) is 3.00. The number of aromatic nitrogens is 1. The Morgan fingerprint density at radius 3 is 2.93 bits per heavy atom. The standard InChI is InChI=1S/C11H12N2O2/c1-8-6-9(4-3-5-10(12)14)7-13-11(8)15-2/h6-7H,5H2,1-2H3,(H2,12,14). The number of nitrogens with two attached hydrogens (primary N) is 1. The Morgan fingerprint density at radius 1 is 1.67 bits per heavy atom. The van der Waals surface area contributed by atoms with Crippen LogP contribution in [0.25, 0.3) is 0 Å². The maximum atomic E-state index is 10.4. The summed E-state index contributed by atoms with van der Waals surface area (Å²) in [6.07, 6.45) is 1.66. The molecule has 0 spiro atoms. The molecule has 0 aliphatic heterocycles. The number of ether oxygens (including phenoxy) is 1. The molecule has 0 aromatic carbocycles. The van der Waals surface area contributed by atoms with Crippen LogP contribution >= 0.6 is 0 Å². The normalized spacial score (nSPS) is 8.93. The number of aryl methyl sites for hydroxylation is 1. The minimum Gasteiger partial charge on any atom is -0.481 e. The lowest BCUT2D eigenvalue weighted by atomic mass is 10.2. The molecule has 0 aliphatic carbocycles. The lowest BCUT2D eigenvalue weighted by Crippen LogP contribution is -2.08. The zero-order valence-electron chi connectivity index (χ0n) is 8.70. The highest BCUT2D eigenvalue weighted by molar-refractivity contribution is 5.76. The van der Waals surface area contributed by atoms with Gasteiger partial charge in [-0.05, 0) is 13.0 Å². The second-order valence-electron chi connectivity index (χ2n) is 3.00. The van der Waals surface area contributed by atoms with Crippen LogP contribution in [0.1, 0.15) is 17.5 Å². The summed E-state index contributed by atoms with van der Waals surface area (Å²) in [7, 11) is 1.56. The van der Waals surface area contributed by atoms with Gasteiger partial charge in [0.2, 0.25) is 11.8 Å². The Bertz CT molecular complexity index is 430. The van der Waals surface area contributed by atoms with Crippen molar-refractivity contribution in [2.45, 2.75) is 13.3 Å². The monoisotopic (exact) mass is 204 g/mol. The molecule has 1 amide bonds. The largest absolute Gasteiger partial charge is 0.481 e. The molecule has 0 atom stereocenters. The number of hydrogen-bond donors (Lipinski definition) is 1. The first-order valence-corrected chi connectivity index (χ1v) is 4.41. The maximum Gasteiger partial charge on any atom is 0.229 e. The van der Waals surface area contributed by atoms with E-state index in [1.165, 1.54) is 0 Å². The lowest BCUT2D eigenvalue weighted by molar-refractivity contribution is -0.117. The molecular weight excluding hydrogens is 192 g/mol. The van der Waals surface area contributed by atoms with E-state index < -0.39 is 5.91 Å². The van der Waals surface area contributed by atoms with Gasteiger partial charge < -0.3 is 10.5 Å². The topological polar surface area (TPSA) is 65.2 Å². The van der Waals surface area contributed by atoms with E-state index in [9.17, 15) is 4.79 Å². The van der Waals surface area contributed by atoms with Gasteiger partial charge in [-0.1, -0.05) is 11.8 Å². The smallest absolute Gasteiger partial charge is 0.229 e. The first kappa shape index (κ1) is 11.1. The number of carbonyl (C=O) groups excluding carboxylic acids is 1. The number of primary amides is 1. The van der Waals surface area contributed by atoms with Gasteiger partial charge in [-0.15, -0.1) is 0 Å². The van der Waals surface area contributed by atoms with Crippen molar-refractivity contribution in [3.05, 3.63) is 23.4 Å². The molecule has 4 heteroatoms. The predicted octanol–water partition coefficient (Wildman–Crippen LogP) is 0.626. The highest BCUT2D eigenvalue weighted by Gasteiger charge is 1.98. The first-order valence-electron chi connectivity index (χ1n) is 4.41. The molecule has 1 aromatic heterocycles. The second kappa shape index (κ2) is 5.01. The van der Waals surface area contributed by atoms with Crippen molar-refractivity contribution in [1.82, 2.24) is 4.98 Å². The van der Waals surface area contributed by atoms with Gasteiger partial charge in [-0.2, -0.15) is 0 Å². The van der Waals surface area contributed by atoms with Crippen molar-refractivity contribution in [3.8, 4) is 17.7 Å². The van der Waals surface area contributed by atoms with Crippen LogP contribution in [0.5, 0.6) is 5.88 Å². The summed E-state index contributed by atoms with van der Waals surface area (Å²) in [5.41, 5.74) is 6.61. The Hall–Kier alpha value is -2.02. The molecule has 0 bridgehead atoms. The Kier molecular flexibility index (Phi) is 3.69.